The molecule has 5 nitrogen and oxygen atoms in total. The van der Waals surface area contributed by atoms with Crippen LogP contribution in [0.25, 0.3) is 0 Å². The van der Waals surface area contributed by atoms with Crippen LogP contribution in [0.1, 0.15) is 30.1 Å². The van der Waals surface area contributed by atoms with Crippen LogP contribution >= 0.6 is 0 Å². The smallest absolute Gasteiger partial charge is 0.251 e. The average molecular weight is 337 g/mol. The molecule has 0 radical (unpaired) electrons. The van der Waals surface area contributed by atoms with Gasteiger partial charge in [0.05, 0.1) is 11.4 Å². The second-order valence-corrected chi connectivity index (χ2v) is 6.26. The van der Waals surface area contributed by atoms with E-state index in [1.165, 1.54) is 12.8 Å². The molecular weight excluding hydrogens is 314 g/mol. The number of amides is 2. The van der Waals surface area contributed by atoms with E-state index < -0.39 is 6.04 Å². The van der Waals surface area contributed by atoms with Gasteiger partial charge in [0.15, 0.2) is 0 Å². The van der Waals surface area contributed by atoms with Crippen molar-refractivity contribution in [2.45, 2.75) is 25.8 Å². The van der Waals surface area contributed by atoms with Gasteiger partial charge in [-0.3, -0.25) is 9.59 Å². The van der Waals surface area contributed by atoms with E-state index in [-0.39, 0.29) is 11.8 Å². The van der Waals surface area contributed by atoms with Crippen LogP contribution in [0.15, 0.2) is 54.6 Å². The van der Waals surface area contributed by atoms with E-state index in [4.69, 9.17) is 0 Å². The molecule has 1 heterocycles. The maximum Gasteiger partial charge on any atom is 0.251 e. The first-order chi connectivity index (χ1) is 12.1. The minimum atomic E-state index is -0.626. The lowest BCUT2D eigenvalue weighted by Crippen LogP contribution is -2.41. The molecule has 2 aromatic carbocycles. The van der Waals surface area contributed by atoms with Gasteiger partial charge in [0.1, 0.15) is 6.04 Å². The molecule has 2 N–H and O–H groups in total. The summed E-state index contributed by atoms with van der Waals surface area (Å²) in [5.74, 6) is -0.480. The predicted octanol–water partition coefficient (Wildman–Crippen LogP) is 3.04. The van der Waals surface area contributed by atoms with E-state index in [0.29, 0.717) is 5.56 Å². The van der Waals surface area contributed by atoms with Crippen LogP contribution in [0.5, 0.6) is 0 Å². The Morgan fingerprint density at radius 1 is 0.960 bits per heavy atom. The lowest BCUT2D eigenvalue weighted by molar-refractivity contribution is -0.117. The van der Waals surface area contributed by atoms with Crippen molar-refractivity contribution in [2.24, 2.45) is 0 Å². The standard InChI is InChI=1S/C20H23N3O2/c1-15(21-20(25)16-9-3-2-4-10-16)19(24)22-17-11-5-6-12-18(17)23-13-7-8-14-23/h2-6,9-12,15H,7-8,13-14H2,1H3,(H,21,25)(H,22,24). The third-order valence-electron chi connectivity index (χ3n) is 4.39. The molecule has 0 aromatic heterocycles. The summed E-state index contributed by atoms with van der Waals surface area (Å²) in [6, 6.07) is 16.1. The van der Waals surface area contributed by atoms with E-state index in [1.54, 1.807) is 31.2 Å². The lowest BCUT2D eigenvalue weighted by atomic mass is 10.2. The van der Waals surface area contributed by atoms with Crippen LogP contribution in [-0.4, -0.2) is 30.9 Å². The molecule has 0 aliphatic carbocycles. The molecule has 2 aromatic rings. The van der Waals surface area contributed by atoms with Crippen LogP contribution in [-0.2, 0) is 4.79 Å². The highest BCUT2D eigenvalue weighted by atomic mass is 16.2. The molecule has 25 heavy (non-hydrogen) atoms. The van der Waals surface area contributed by atoms with Crippen molar-refractivity contribution < 1.29 is 9.59 Å². The number of anilines is 2. The van der Waals surface area contributed by atoms with Gasteiger partial charge in [-0.05, 0) is 44.0 Å². The van der Waals surface area contributed by atoms with Gasteiger partial charge in [-0.2, -0.15) is 0 Å². The topological polar surface area (TPSA) is 61.4 Å². The van der Waals surface area contributed by atoms with Crippen LogP contribution < -0.4 is 15.5 Å². The Kier molecular flexibility index (Phi) is 5.33. The van der Waals surface area contributed by atoms with Gasteiger partial charge in [-0.15, -0.1) is 0 Å². The highest BCUT2D eigenvalue weighted by Crippen LogP contribution is 2.28. The minimum Gasteiger partial charge on any atom is -0.370 e. The van der Waals surface area contributed by atoms with Crippen molar-refractivity contribution in [2.75, 3.05) is 23.3 Å². The normalized spacial score (nSPS) is 14.8. The Morgan fingerprint density at radius 2 is 1.60 bits per heavy atom. The van der Waals surface area contributed by atoms with Gasteiger partial charge in [0.2, 0.25) is 5.91 Å². The Labute approximate surface area is 148 Å². The second kappa shape index (κ2) is 7.83. The molecule has 1 atom stereocenters. The van der Waals surface area contributed by atoms with Crippen molar-refractivity contribution in [1.29, 1.82) is 0 Å². The molecule has 1 aliphatic heterocycles. The molecule has 1 unspecified atom stereocenters. The summed E-state index contributed by atoms with van der Waals surface area (Å²) < 4.78 is 0. The highest BCUT2D eigenvalue weighted by Gasteiger charge is 2.20. The number of carbonyl (C=O) groups is 2. The molecule has 0 spiro atoms. The fraction of sp³-hybridized carbons (Fsp3) is 0.300. The zero-order valence-corrected chi connectivity index (χ0v) is 14.4. The van der Waals surface area contributed by atoms with E-state index in [1.807, 2.05) is 30.3 Å². The number of nitrogens with one attached hydrogen (secondary N) is 2. The molecule has 2 amide bonds. The number of hydrogen-bond donors (Lipinski definition) is 2. The molecule has 130 valence electrons. The summed E-state index contributed by atoms with van der Waals surface area (Å²) in [6.07, 6.45) is 2.34. The molecule has 0 saturated carbocycles. The Balaban J connectivity index is 1.65. The summed E-state index contributed by atoms with van der Waals surface area (Å²) in [6.45, 7) is 3.70. The van der Waals surface area contributed by atoms with E-state index in [2.05, 4.69) is 15.5 Å². The SMILES string of the molecule is CC(NC(=O)c1ccccc1)C(=O)Nc1ccccc1N1CCCC1. The maximum atomic E-state index is 12.5. The van der Waals surface area contributed by atoms with E-state index in [9.17, 15) is 9.59 Å². The number of hydrogen-bond acceptors (Lipinski definition) is 3. The summed E-state index contributed by atoms with van der Waals surface area (Å²) in [7, 11) is 0. The first-order valence-electron chi connectivity index (χ1n) is 8.66. The molecule has 1 saturated heterocycles. The zero-order valence-electron chi connectivity index (χ0n) is 14.4. The van der Waals surface area contributed by atoms with E-state index >= 15 is 0 Å². The number of rotatable bonds is 5. The summed E-state index contributed by atoms with van der Waals surface area (Å²) in [4.78, 5) is 27.0. The molecule has 3 rings (SSSR count). The largest absolute Gasteiger partial charge is 0.370 e. The van der Waals surface area contributed by atoms with Crippen molar-refractivity contribution in [1.82, 2.24) is 5.32 Å². The van der Waals surface area contributed by atoms with Gasteiger partial charge in [0.25, 0.3) is 5.91 Å². The Hall–Kier alpha value is -2.82. The first-order valence-corrected chi connectivity index (χ1v) is 8.66. The van der Waals surface area contributed by atoms with Gasteiger partial charge in [-0.25, -0.2) is 0 Å². The van der Waals surface area contributed by atoms with Gasteiger partial charge >= 0.3 is 0 Å². The van der Waals surface area contributed by atoms with Crippen molar-refractivity contribution in [3.63, 3.8) is 0 Å². The Morgan fingerprint density at radius 3 is 2.32 bits per heavy atom. The van der Waals surface area contributed by atoms with E-state index in [0.717, 1.165) is 24.5 Å². The zero-order chi connectivity index (χ0) is 17.6. The minimum absolute atomic E-state index is 0.226. The molecular formula is C20H23N3O2. The van der Waals surface area contributed by atoms with Crippen LogP contribution in [0.4, 0.5) is 11.4 Å². The van der Waals surface area contributed by atoms with Crippen molar-refractivity contribution in [3.05, 3.63) is 60.2 Å². The third-order valence-corrected chi connectivity index (χ3v) is 4.39. The van der Waals surface area contributed by atoms with Crippen LogP contribution in [0.3, 0.4) is 0 Å². The van der Waals surface area contributed by atoms with Crippen LogP contribution in [0.2, 0.25) is 0 Å². The molecule has 5 heteroatoms. The number of nitrogens with zero attached hydrogens (tertiary/aromatic N) is 1. The third kappa shape index (κ3) is 4.18. The lowest BCUT2D eigenvalue weighted by Gasteiger charge is -2.22. The van der Waals surface area contributed by atoms with Gasteiger partial charge < -0.3 is 15.5 Å². The first kappa shape index (κ1) is 17.0. The van der Waals surface area contributed by atoms with Gasteiger partial charge in [-0.1, -0.05) is 30.3 Å². The van der Waals surface area contributed by atoms with Crippen molar-refractivity contribution >= 4 is 23.2 Å². The second-order valence-electron chi connectivity index (χ2n) is 6.26. The molecule has 1 aliphatic rings. The average Bonchev–Trinajstić information content (AvgIpc) is 3.17. The predicted molar refractivity (Wildman–Crippen MR) is 99.9 cm³/mol. The van der Waals surface area contributed by atoms with Gasteiger partial charge in [0, 0.05) is 18.7 Å². The van der Waals surface area contributed by atoms with Crippen LogP contribution in [0, 0.1) is 0 Å². The number of carbonyl (C=O) groups excluding carboxylic acids is 2. The fourth-order valence-corrected chi connectivity index (χ4v) is 2.99. The highest BCUT2D eigenvalue weighted by molar-refractivity contribution is 6.02. The maximum absolute atomic E-state index is 12.5. The molecule has 1 fully saturated rings. The number of benzene rings is 2. The summed E-state index contributed by atoms with van der Waals surface area (Å²) in [5.41, 5.74) is 2.37. The fourth-order valence-electron chi connectivity index (χ4n) is 2.99. The monoisotopic (exact) mass is 337 g/mol. The van der Waals surface area contributed by atoms with Crippen molar-refractivity contribution in [3.8, 4) is 0 Å². The quantitative estimate of drug-likeness (QED) is 0.881. The Bertz CT molecular complexity index is 740. The summed E-state index contributed by atoms with van der Waals surface area (Å²) in [5, 5.41) is 5.69. The summed E-state index contributed by atoms with van der Waals surface area (Å²) >= 11 is 0. The number of para-hydroxylation sites is 2. The molecule has 0 bridgehead atoms.